The average Bonchev–Trinajstić information content (AvgIpc) is 3.97. The third-order valence-electron chi connectivity index (χ3n) is 13.4. The van der Waals surface area contributed by atoms with Gasteiger partial charge in [0, 0.05) is 60.2 Å². The van der Waals surface area contributed by atoms with E-state index in [4.69, 9.17) is 0 Å². The molecule has 0 spiro atoms. The van der Waals surface area contributed by atoms with Crippen molar-refractivity contribution < 1.29 is 0 Å². The zero-order chi connectivity index (χ0) is 39.8. The zero-order valence-corrected chi connectivity index (χ0v) is 33.0. The maximum atomic E-state index is 2.51. The Bertz CT molecular complexity index is 4140. The van der Waals surface area contributed by atoms with Gasteiger partial charge in [0.05, 0.1) is 33.1 Å². The van der Waals surface area contributed by atoms with Crippen molar-refractivity contribution in [2.45, 2.75) is 0 Å². The molecule has 0 aliphatic carbocycles. The van der Waals surface area contributed by atoms with Gasteiger partial charge in [0.25, 0.3) is 0 Å². The molecule has 14 aromatic rings. The molecule has 3 heteroatoms. The number of hydrogen-bond donors (Lipinski definition) is 0. The lowest BCUT2D eigenvalue weighted by molar-refractivity contribution is 1.14. The fourth-order valence-corrected chi connectivity index (χ4v) is 10.9. The Morgan fingerprint density at radius 1 is 0.197 bits per heavy atom. The summed E-state index contributed by atoms with van der Waals surface area (Å²) in [4.78, 5) is 0. The molecule has 0 atom stereocenters. The van der Waals surface area contributed by atoms with E-state index in [1.165, 1.54) is 109 Å². The van der Waals surface area contributed by atoms with Crippen LogP contribution in [0.5, 0.6) is 0 Å². The fourth-order valence-electron chi connectivity index (χ4n) is 10.9. The van der Waals surface area contributed by atoms with Crippen molar-refractivity contribution in [3.8, 4) is 17.1 Å². The lowest BCUT2D eigenvalue weighted by Gasteiger charge is -2.16. The second kappa shape index (κ2) is 12.2. The van der Waals surface area contributed by atoms with Crippen molar-refractivity contribution in [1.82, 2.24) is 13.7 Å². The molecule has 0 radical (unpaired) electrons. The standard InChI is InChI=1S/C58H35N3/c1-2-16-36(17-3-1)59-50-27-13-10-20-41(50)48-34-49-42-21-11-14-28-51(42)60(54(49)35-53(48)59)37-30-32-38(33-31-37)61-52-29-15-12-26-47(52)57-56-44-23-7-5-19-40(44)39-18-4-6-22-43(39)55(56)45-24-8-9-25-46(45)58(57)61/h1-35H. The van der Waals surface area contributed by atoms with Crippen LogP contribution in [0.1, 0.15) is 0 Å². The summed E-state index contributed by atoms with van der Waals surface area (Å²) in [6.45, 7) is 0. The summed E-state index contributed by atoms with van der Waals surface area (Å²) in [6, 6.07) is 78.4. The number of rotatable bonds is 3. The average molecular weight is 774 g/mol. The summed E-state index contributed by atoms with van der Waals surface area (Å²) < 4.78 is 7.37. The van der Waals surface area contributed by atoms with E-state index < -0.39 is 0 Å². The Hall–Kier alpha value is -8.14. The minimum atomic E-state index is 1.13. The maximum absolute atomic E-state index is 2.51. The van der Waals surface area contributed by atoms with Crippen molar-refractivity contribution in [2.75, 3.05) is 0 Å². The number of aromatic nitrogens is 3. The first-order chi connectivity index (χ1) is 30.3. The largest absolute Gasteiger partial charge is 0.309 e. The molecule has 0 fully saturated rings. The smallest absolute Gasteiger partial charge is 0.0626 e. The Labute approximate surface area is 350 Å². The van der Waals surface area contributed by atoms with E-state index >= 15 is 0 Å². The third-order valence-corrected chi connectivity index (χ3v) is 13.4. The molecule has 0 bridgehead atoms. The molecule has 0 amide bonds. The van der Waals surface area contributed by atoms with E-state index in [2.05, 4.69) is 226 Å². The predicted molar refractivity (Wildman–Crippen MR) is 259 cm³/mol. The van der Waals surface area contributed by atoms with Gasteiger partial charge in [0.1, 0.15) is 0 Å². The quantitative estimate of drug-likeness (QED) is 0.159. The van der Waals surface area contributed by atoms with Gasteiger partial charge in [-0.3, -0.25) is 0 Å². The maximum Gasteiger partial charge on any atom is 0.0626 e. The van der Waals surface area contributed by atoms with Crippen LogP contribution < -0.4 is 0 Å². The van der Waals surface area contributed by atoms with Crippen LogP contribution in [0.2, 0.25) is 0 Å². The minimum absolute atomic E-state index is 1.13. The molecule has 282 valence electrons. The van der Waals surface area contributed by atoms with Gasteiger partial charge in [-0.15, -0.1) is 0 Å². The molecule has 0 aliphatic rings. The van der Waals surface area contributed by atoms with Gasteiger partial charge in [0.2, 0.25) is 0 Å². The van der Waals surface area contributed by atoms with E-state index in [0.29, 0.717) is 0 Å². The van der Waals surface area contributed by atoms with E-state index in [-0.39, 0.29) is 0 Å². The molecule has 0 unspecified atom stereocenters. The number of benzene rings is 11. The van der Waals surface area contributed by atoms with Gasteiger partial charge in [-0.05, 0) is 99.0 Å². The van der Waals surface area contributed by atoms with Crippen LogP contribution in [0, 0.1) is 0 Å². The molecule has 0 saturated carbocycles. The van der Waals surface area contributed by atoms with Crippen LogP contribution in [-0.4, -0.2) is 13.7 Å². The second-order valence-corrected chi connectivity index (χ2v) is 16.4. The normalized spacial score (nSPS) is 12.3. The molecule has 0 saturated heterocycles. The molecule has 11 aromatic carbocycles. The minimum Gasteiger partial charge on any atom is -0.309 e. The van der Waals surface area contributed by atoms with E-state index in [1.807, 2.05) is 0 Å². The highest BCUT2D eigenvalue weighted by molar-refractivity contribution is 6.42. The predicted octanol–water partition coefficient (Wildman–Crippen LogP) is 15.6. The molecule has 0 aliphatic heterocycles. The van der Waals surface area contributed by atoms with Crippen LogP contribution >= 0.6 is 0 Å². The highest BCUT2D eigenvalue weighted by Crippen LogP contribution is 2.48. The van der Waals surface area contributed by atoms with Gasteiger partial charge < -0.3 is 13.7 Å². The first kappa shape index (κ1) is 32.8. The summed E-state index contributed by atoms with van der Waals surface area (Å²) in [6.07, 6.45) is 0. The summed E-state index contributed by atoms with van der Waals surface area (Å²) in [7, 11) is 0. The molecular formula is C58H35N3. The SMILES string of the molecule is c1ccc(-n2c3ccccc3c3cc4c5ccccc5n(-c5ccc(-n6c7ccccc7c7c8c9ccccc9c9ccccc9c8c8ccccc8c76)cc5)c4cc32)cc1. The molecule has 3 nitrogen and oxygen atoms in total. The lowest BCUT2D eigenvalue weighted by Crippen LogP contribution is -1.98. The summed E-state index contributed by atoms with van der Waals surface area (Å²) in [5, 5.41) is 17.9. The van der Waals surface area contributed by atoms with Gasteiger partial charge in [-0.1, -0.05) is 146 Å². The second-order valence-electron chi connectivity index (χ2n) is 16.4. The van der Waals surface area contributed by atoms with Crippen LogP contribution in [0.3, 0.4) is 0 Å². The molecule has 61 heavy (non-hydrogen) atoms. The van der Waals surface area contributed by atoms with Crippen molar-refractivity contribution in [3.05, 3.63) is 212 Å². The summed E-state index contributed by atoms with van der Waals surface area (Å²) >= 11 is 0. The monoisotopic (exact) mass is 773 g/mol. The first-order valence-corrected chi connectivity index (χ1v) is 21.1. The Morgan fingerprint density at radius 2 is 0.574 bits per heavy atom. The fraction of sp³-hybridized carbons (Fsp3) is 0. The third kappa shape index (κ3) is 4.37. The van der Waals surface area contributed by atoms with Crippen LogP contribution in [0.25, 0.3) is 126 Å². The highest BCUT2D eigenvalue weighted by atomic mass is 15.0. The molecular weight excluding hydrogens is 739 g/mol. The van der Waals surface area contributed by atoms with Crippen molar-refractivity contribution in [1.29, 1.82) is 0 Å². The Balaban J connectivity index is 1.06. The van der Waals surface area contributed by atoms with E-state index in [0.717, 1.165) is 17.1 Å². The van der Waals surface area contributed by atoms with Crippen LogP contribution in [0.4, 0.5) is 0 Å². The first-order valence-electron chi connectivity index (χ1n) is 21.1. The molecule has 3 heterocycles. The number of fused-ring (bicyclic) bond motifs is 19. The van der Waals surface area contributed by atoms with E-state index in [1.54, 1.807) is 0 Å². The van der Waals surface area contributed by atoms with Gasteiger partial charge in [0.15, 0.2) is 0 Å². The number of para-hydroxylation sites is 4. The van der Waals surface area contributed by atoms with Crippen molar-refractivity contribution in [3.63, 3.8) is 0 Å². The van der Waals surface area contributed by atoms with Gasteiger partial charge >= 0.3 is 0 Å². The van der Waals surface area contributed by atoms with E-state index in [9.17, 15) is 0 Å². The van der Waals surface area contributed by atoms with Gasteiger partial charge in [-0.25, -0.2) is 0 Å². The molecule has 14 rings (SSSR count). The Kier molecular flexibility index (Phi) is 6.56. The highest BCUT2D eigenvalue weighted by Gasteiger charge is 2.23. The van der Waals surface area contributed by atoms with Crippen molar-refractivity contribution >= 4 is 109 Å². The zero-order valence-electron chi connectivity index (χ0n) is 33.0. The summed E-state index contributed by atoms with van der Waals surface area (Å²) in [5.74, 6) is 0. The molecule has 0 N–H and O–H groups in total. The Morgan fingerprint density at radius 3 is 1.13 bits per heavy atom. The summed E-state index contributed by atoms with van der Waals surface area (Å²) in [5.41, 5.74) is 10.7. The topological polar surface area (TPSA) is 14.8 Å². The number of hydrogen-bond acceptors (Lipinski definition) is 0. The van der Waals surface area contributed by atoms with Crippen molar-refractivity contribution in [2.24, 2.45) is 0 Å². The molecule has 3 aromatic heterocycles. The van der Waals surface area contributed by atoms with Crippen LogP contribution in [0.15, 0.2) is 212 Å². The number of nitrogens with zero attached hydrogens (tertiary/aromatic N) is 3. The van der Waals surface area contributed by atoms with Crippen LogP contribution in [-0.2, 0) is 0 Å². The van der Waals surface area contributed by atoms with Gasteiger partial charge in [-0.2, -0.15) is 0 Å². The lowest BCUT2D eigenvalue weighted by atomic mass is 9.88.